The Labute approximate surface area is 194 Å². The topological polar surface area (TPSA) is 0 Å². The van der Waals surface area contributed by atoms with Crippen molar-refractivity contribution < 1.29 is 0 Å². The predicted molar refractivity (Wildman–Crippen MR) is 139 cm³/mol. The van der Waals surface area contributed by atoms with E-state index in [1.165, 1.54) is 61.2 Å². The Morgan fingerprint density at radius 3 is 1.22 bits per heavy atom. The lowest BCUT2D eigenvalue weighted by molar-refractivity contribution is 0.696. The third-order valence-electron chi connectivity index (χ3n) is 6.83. The fourth-order valence-electron chi connectivity index (χ4n) is 5.87. The Morgan fingerprint density at radius 1 is 0.562 bits per heavy atom. The van der Waals surface area contributed by atoms with Crippen LogP contribution >= 0.6 is 0 Å². The summed E-state index contributed by atoms with van der Waals surface area (Å²) in [6, 6.07) is 21.4. The molecule has 0 aromatic heterocycles. The first kappa shape index (κ1) is 22.3. The SMILES string of the molecule is CCC1=C(C(c2cc(C)cc(C)c2)(c2cc(C)cc(C)c2)c2cc(C)cc(C)c2)CC=C1. The lowest BCUT2D eigenvalue weighted by Gasteiger charge is -2.40. The van der Waals surface area contributed by atoms with E-state index in [1.54, 1.807) is 0 Å². The number of benzene rings is 3. The fourth-order valence-corrected chi connectivity index (χ4v) is 5.87. The van der Waals surface area contributed by atoms with Gasteiger partial charge in [-0.05, 0) is 82.2 Å². The van der Waals surface area contributed by atoms with Gasteiger partial charge in [0.15, 0.2) is 0 Å². The van der Waals surface area contributed by atoms with E-state index in [0.717, 1.165) is 12.8 Å². The highest BCUT2D eigenvalue weighted by molar-refractivity contribution is 5.64. The maximum absolute atomic E-state index is 2.42. The Bertz CT molecular complexity index is 1050. The Kier molecular flexibility index (Phi) is 5.99. The van der Waals surface area contributed by atoms with Gasteiger partial charge in [0.25, 0.3) is 0 Å². The Hall–Kier alpha value is -2.86. The fraction of sp³-hybridized carbons (Fsp3) is 0.312. The molecule has 3 aromatic rings. The molecule has 0 heteroatoms. The lowest BCUT2D eigenvalue weighted by Crippen LogP contribution is -2.33. The molecule has 3 aromatic carbocycles. The smallest absolute Gasteiger partial charge is 0.0670 e. The van der Waals surface area contributed by atoms with Crippen molar-refractivity contribution in [3.63, 3.8) is 0 Å². The molecular weight excluding hydrogens is 384 g/mol. The molecule has 0 nitrogen and oxygen atoms in total. The van der Waals surface area contributed by atoms with Crippen molar-refractivity contribution in [2.24, 2.45) is 0 Å². The molecule has 0 atom stereocenters. The molecule has 0 radical (unpaired) electrons. The van der Waals surface area contributed by atoms with Gasteiger partial charge in [0.2, 0.25) is 0 Å². The predicted octanol–water partition coefficient (Wildman–Crippen LogP) is 8.54. The van der Waals surface area contributed by atoms with Crippen molar-refractivity contribution >= 4 is 0 Å². The van der Waals surface area contributed by atoms with Crippen LogP contribution in [0, 0.1) is 41.5 Å². The van der Waals surface area contributed by atoms with E-state index in [4.69, 9.17) is 0 Å². The molecule has 32 heavy (non-hydrogen) atoms. The van der Waals surface area contributed by atoms with Crippen molar-refractivity contribution in [1.29, 1.82) is 0 Å². The highest BCUT2D eigenvalue weighted by Crippen LogP contribution is 2.51. The monoisotopic (exact) mass is 420 g/mol. The van der Waals surface area contributed by atoms with Crippen molar-refractivity contribution in [3.8, 4) is 0 Å². The minimum atomic E-state index is -0.306. The van der Waals surface area contributed by atoms with Crippen LogP contribution in [-0.2, 0) is 5.41 Å². The minimum absolute atomic E-state index is 0.306. The Balaban J connectivity index is 2.24. The summed E-state index contributed by atoms with van der Waals surface area (Å²) < 4.78 is 0. The minimum Gasteiger partial charge on any atom is -0.0801 e. The van der Waals surface area contributed by atoms with Gasteiger partial charge in [0.05, 0.1) is 5.41 Å². The van der Waals surface area contributed by atoms with Gasteiger partial charge in [0.1, 0.15) is 0 Å². The maximum Gasteiger partial charge on any atom is 0.0670 e. The van der Waals surface area contributed by atoms with Crippen LogP contribution in [0.1, 0.15) is 69.8 Å². The number of aryl methyl sites for hydroxylation is 6. The summed E-state index contributed by atoms with van der Waals surface area (Å²) in [6.07, 6.45) is 6.76. The van der Waals surface area contributed by atoms with Crippen LogP contribution < -0.4 is 0 Å². The van der Waals surface area contributed by atoms with Gasteiger partial charge in [0, 0.05) is 0 Å². The first-order chi connectivity index (χ1) is 15.2. The van der Waals surface area contributed by atoms with Crippen LogP contribution in [0.2, 0.25) is 0 Å². The molecule has 1 aliphatic rings. The van der Waals surface area contributed by atoms with Crippen LogP contribution in [0.3, 0.4) is 0 Å². The summed E-state index contributed by atoms with van der Waals surface area (Å²) in [5.41, 5.74) is 14.8. The van der Waals surface area contributed by atoms with E-state index < -0.39 is 0 Å². The van der Waals surface area contributed by atoms with Crippen LogP contribution in [0.25, 0.3) is 0 Å². The van der Waals surface area contributed by atoms with Gasteiger partial charge in [-0.3, -0.25) is 0 Å². The zero-order valence-corrected chi connectivity index (χ0v) is 20.8. The van der Waals surface area contributed by atoms with Gasteiger partial charge in [-0.1, -0.05) is 107 Å². The second-order valence-corrected chi connectivity index (χ2v) is 9.84. The largest absolute Gasteiger partial charge is 0.0801 e. The molecule has 1 aliphatic carbocycles. The summed E-state index contributed by atoms with van der Waals surface area (Å²) in [5.74, 6) is 0. The third-order valence-corrected chi connectivity index (χ3v) is 6.83. The quantitative estimate of drug-likeness (QED) is 0.363. The molecule has 0 unspecified atom stereocenters. The van der Waals surface area contributed by atoms with Gasteiger partial charge in [-0.2, -0.15) is 0 Å². The number of hydrogen-bond donors (Lipinski definition) is 0. The number of hydrogen-bond acceptors (Lipinski definition) is 0. The molecule has 0 fully saturated rings. The average Bonchev–Trinajstić information content (AvgIpc) is 3.15. The molecule has 164 valence electrons. The number of rotatable bonds is 5. The molecule has 0 N–H and O–H groups in total. The Morgan fingerprint density at radius 2 is 0.906 bits per heavy atom. The average molecular weight is 421 g/mol. The summed E-state index contributed by atoms with van der Waals surface area (Å²) in [7, 11) is 0. The van der Waals surface area contributed by atoms with Crippen molar-refractivity contribution in [1.82, 2.24) is 0 Å². The molecule has 0 saturated carbocycles. The highest BCUT2D eigenvalue weighted by Gasteiger charge is 2.42. The molecule has 0 bridgehead atoms. The van der Waals surface area contributed by atoms with Crippen LogP contribution in [0.5, 0.6) is 0 Å². The summed E-state index contributed by atoms with van der Waals surface area (Å²) in [5, 5.41) is 0. The molecule has 0 aliphatic heterocycles. The number of allylic oxidation sites excluding steroid dienone is 4. The summed E-state index contributed by atoms with van der Waals surface area (Å²) in [6.45, 7) is 15.7. The molecule has 0 heterocycles. The van der Waals surface area contributed by atoms with Gasteiger partial charge in [-0.15, -0.1) is 0 Å². The van der Waals surface area contributed by atoms with Crippen molar-refractivity contribution in [3.05, 3.63) is 128 Å². The van der Waals surface area contributed by atoms with Crippen LogP contribution in [0.15, 0.2) is 77.9 Å². The zero-order valence-electron chi connectivity index (χ0n) is 20.8. The molecule has 0 spiro atoms. The van der Waals surface area contributed by atoms with Crippen LogP contribution in [-0.4, -0.2) is 0 Å². The van der Waals surface area contributed by atoms with Crippen molar-refractivity contribution in [2.45, 2.75) is 66.7 Å². The van der Waals surface area contributed by atoms with E-state index in [1.807, 2.05) is 0 Å². The van der Waals surface area contributed by atoms with E-state index in [2.05, 4.69) is 115 Å². The van der Waals surface area contributed by atoms with Crippen molar-refractivity contribution in [2.75, 3.05) is 0 Å². The van der Waals surface area contributed by atoms with Gasteiger partial charge >= 0.3 is 0 Å². The molecular formula is C32H36. The summed E-state index contributed by atoms with van der Waals surface area (Å²) in [4.78, 5) is 0. The lowest BCUT2D eigenvalue weighted by atomic mass is 9.62. The van der Waals surface area contributed by atoms with E-state index in [-0.39, 0.29) is 5.41 Å². The second-order valence-electron chi connectivity index (χ2n) is 9.84. The zero-order chi connectivity index (χ0) is 23.0. The summed E-state index contributed by atoms with van der Waals surface area (Å²) >= 11 is 0. The third kappa shape index (κ3) is 3.88. The molecule has 0 saturated heterocycles. The highest BCUT2D eigenvalue weighted by atomic mass is 14.4. The molecule has 0 amide bonds. The normalized spacial score (nSPS) is 13.8. The standard InChI is InChI=1S/C32H36/c1-8-27-10-9-11-31(27)32(28-15-21(2)12-22(3)16-28,29-17-23(4)13-24(5)18-29)30-19-25(6)14-26(7)20-30/h9-10,12-20H,8,11H2,1-7H3. The second kappa shape index (κ2) is 8.58. The van der Waals surface area contributed by atoms with E-state index in [0.29, 0.717) is 0 Å². The van der Waals surface area contributed by atoms with Crippen LogP contribution in [0.4, 0.5) is 0 Å². The first-order valence-electron chi connectivity index (χ1n) is 11.9. The molecule has 4 rings (SSSR count). The first-order valence-corrected chi connectivity index (χ1v) is 11.9. The van der Waals surface area contributed by atoms with E-state index >= 15 is 0 Å². The van der Waals surface area contributed by atoms with E-state index in [9.17, 15) is 0 Å². The van der Waals surface area contributed by atoms with Gasteiger partial charge in [-0.25, -0.2) is 0 Å². The maximum atomic E-state index is 2.42. The van der Waals surface area contributed by atoms with Gasteiger partial charge < -0.3 is 0 Å².